The van der Waals surface area contributed by atoms with Gasteiger partial charge in [-0.2, -0.15) is 0 Å². The lowest BCUT2D eigenvalue weighted by atomic mass is 9.85. The first-order chi connectivity index (χ1) is 14.9. The minimum Gasteiger partial charge on any atom is -0.479 e. The smallest absolute Gasteiger partial charge is 0.408 e. The van der Waals surface area contributed by atoms with E-state index in [9.17, 15) is 33.1 Å². The molecule has 0 aromatic carbocycles. The first-order valence-electron chi connectivity index (χ1n) is 11.0. The fourth-order valence-electron chi connectivity index (χ4n) is 4.12. The SMILES string of the molecule is C[C@@H]1C[C@@H](C(=O)N[C@]2(C(=O)O)C[C@H]2C(F)F)N(C(=O)[C@@H](NC(=O)OC(C)(C)C)C(C)(C)C)C1. The number of carboxylic acid groups (broad SMARTS) is 1. The summed E-state index contributed by atoms with van der Waals surface area (Å²) in [6.07, 6.45) is -3.79. The zero-order valence-electron chi connectivity index (χ0n) is 20.2. The average molecular weight is 476 g/mol. The number of nitrogens with one attached hydrogen (secondary N) is 2. The number of alkyl halides is 2. The maximum atomic E-state index is 13.5. The quantitative estimate of drug-likeness (QED) is 0.542. The van der Waals surface area contributed by atoms with E-state index in [0.29, 0.717) is 0 Å². The van der Waals surface area contributed by atoms with Crippen molar-refractivity contribution in [2.75, 3.05) is 6.54 Å². The van der Waals surface area contributed by atoms with Gasteiger partial charge in [0.2, 0.25) is 18.2 Å². The van der Waals surface area contributed by atoms with Gasteiger partial charge in [0.15, 0.2) is 0 Å². The summed E-state index contributed by atoms with van der Waals surface area (Å²) >= 11 is 0. The van der Waals surface area contributed by atoms with Crippen molar-refractivity contribution in [1.29, 1.82) is 0 Å². The number of hydrogen-bond donors (Lipinski definition) is 3. The first kappa shape index (κ1) is 26.8. The monoisotopic (exact) mass is 475 g/mol. The summed E-state index contributed by atoms with van der Waals surface area (Å²) in [5.41, 5.74) is -3.54. The summed E-state index contributed by atoms with van der Waals surface area (Å²) in [7, 11) is 0. The van der Waals surface area contributed by atoms with Crippen LogP contribution in [0.15, 0.2) is 0 Å². The van der Waals surface area contributed by atoms with E-state index in [1.54, 1.807) is 41.5 Å². The molecule has 11 heteroatoms. The van der Waals surface area contributed by atoms with E-state index in [1.807, 2.05) is 6.92 Å². The van der Waals surface area contributed by atoms with Gasteiger partial charge in [0.25, 0.3) is 0 Å². The lowest BCUT2D eigenvalue weighted by molar-refractivity contribution is -0.147. The number of carbonyl (C=O) groups is 4. The minimum absolute atomic E-state index is 0.0854. The Labute approximate surface area is 192 Å². The zero-order chi connectivity index (χ0) is 25.5. The number of carboxylic acids is 1. The summed E-state index contributed by atoms with van der Waals surface area (Å²) in [6, 6.07) is -2.07. The number of nitrogens with zero attached hydrogens (tertiary/aromatic N) is 1. The van der Waals surface area contributed by atoms with Crippen molar-refractivity contribution in [3.8, 4) is 0 Å². The summed E-state index contributed by atoms with van der Waals surface area (Å²) < 4.78 is 31.5. The van der Waals surface area contributed by atoms with Crippen molar-refractivity contribution >= 4 is 23.9 Å². The van der Waals surface area contributed by atoms with E-state index < -0.39 is 64.9 Å². The standard InChI is InChI=1S/C22H35F2N3O6/c1-11-8-13(16(28)26-22(18(30)31)9-12(22)15(23)24)27(10-11)17(29)14(20(2,3)4)25-19(32)33-21(5,6)7/h11-15H,8-10H2,1-7H3,(H,25,32)(H,26,28)(H,30,31)/t11-,12+,13+,14-,22-/m1/s1. The van der Waals surface area contributed by atoms with Crippen LogP contribution >= 0.6 is 0 Å². The molecule has 3 N–H and O–H groups in total. The number of alkyl carbamates (subject to hydrolysis) is 1. The van der Waals surface area contributed by atoms with Crippen molar-refractivity contribution in [3.63, 3.8) is 0 Å². The molecule has 2 aliphatic rings. The predicted octanol–water partition coefficient (Wildman–Crippen LogP) is 2.39. The Bertz CT molecular complexity index is 807. The number of rotatable bonds is 6. The molecule has 1 aliphatic heterocycles. The Morgan fingerprint density at radius 3 is 2.12 bits per heavy atom. The van der Waals surface area contributed by atoms with Gasteiger partial charge in [0.1, 0.15) is 23.2 Å². The van der Waals surface area contributed by atoms with Crippen LogP contribution in [0.1, 0.15) is 61.3 Å². The van der Waals surface area contributed by atoms with Crippen LogP contribution in [-0.2, 0) is 19.1 Å². The van der Waals surface area contributed by atoms with Crippen LogP contribution in [0.4, 0.5) is 13.6 Å². The van der Waals surface area contributed by atoms with E-state index in [-0.39, 0.29) is 25.3 Å². The second-order valence-electron chi connectivity index (χ2n) is 11.2. The van der Waals surface area contributed by atoms with Crippen molar-refractivity contribution in [3.05, 3.63) is 0 Å². The first-order valence-corrected chi connectivity index (χ1v) is 11.0. The molecule has 0 aromatic rings. The van der Waals surface area contributed by atoms with Crippen LogP contribution < -0.4 is 10.6 Å². The number of amides is 3. The number of likely N-dealkylation sites (tertiary alicyclic amines) is 1. The molecule has 0 bridgehead atoms. The van der Waals surface area contributed by atoms with Crippen LogP contribution in [0, 0.1) is 17.3 Å². The number of halogens is 2. The van der Waals surface area contributed by atoms with Gasteiger partial charge < -0.3 is 25.4 Å². The normalized spacial score (nSPS) is 28.3. The molecule has 1 saturated heterocycles. The molecule has 1 saturated carbocycles. The minimum atomic E-state index is -2.88. The number of aliphatic carboxylic acids is 1. The highest BCUT2D eigenvalue weighted by molar-refractivity contribution is 5.96. The van der Waals surface area contributed by atoms with Gasteiger partial charge in [-0.3, -0.25) is 9.59 Å². The molecule has 0 radical (unpaired) electrons. The predicted molar refractivity (Wildman–Crippen MR) is 115 cm³/mol. The van der Waals surface area contributed by atoms with Crippen molar-refractivity contribution in [2.24, 2.45) is 17.3 Å². The van der Waals surface area contributed by atoms with E-state index >= 15 is 0 Å². The topological polar surface area (TPSA) is 125 Å². The lowest BCUT2D eigenvalue weighted by Gasteiger charge is -2.36. The summed E-state index contributed by atoms with van der Waals surface area (Å²) in [5.74, 6) is -4.40. The Balaban J connectivity index is 2.23. The molecule has 1 aliphatic carbocycles. The number of hydrogen-bond acceptors (Lipinski definition) is 5. The van der Waals surface area contributed by atoms with Gasteiger partial charge in [0, 0.05) is 6.54 Å². The van der Waals surface area contributed by atoms with Gasteiger partial charge in [0.05, 0.1) is 5.92 Å². The van der Waals surface area contributed by atoms with Crippen molar-refractivity contribution in [1.82, 2.24) is 15.5 Å². The molecule has 5 atom stereocenters. The third kappa shape index (κ3) is 6.11. The Morgan fingerprint density at radius 2 is 1.70 bits per heavy atom. The summed E-state index contributed by atoms with van der Waals surface area (Å²) in [5, 5.41) is 14.3. The lowest BCUT2D eigenvalue weighted by Crippen LogP contribution is -2.59. The van der Waals surface area contributed by atoms with E-state index in [1.165, 1.54) is 4.90 Å². The van der Waals surface area contributed by atoms with Gasteiger partial charge in [-0.25, -0.2) is 18.4 Å². The third-order valence-corrected chi connectivity index (χ3v) is 5.92. The third-order valence-electron chi connectivity index (χ3n) is 5.92. The van der Waals surface area contributed by atoms with E-state index in [2.05, 4.69) is 10.6 Å². The summed E-state index contributed by atoms with van der Waals surface area (Å²) in [6.45, 7) is 12.3. The van der Waals surface area contributed by atoms with Gasteiger partial charge in [-0.1, -0.05) is 27.7 Å². The van der Waals surface area contributed by atoms with Gasteiger partial charge >= 0.3 is 12.1 Å². The molecular weight excluding hydrogens is 440 g/mol. The maximum Gasteiger partial charge on any atom is 0.408 e. The molecule has 0 unspecified atom stereocenters. The zero-order valence-corrected chi connectivity index (χ0v) is 20.2. The average Bonchev–Trinajstić information content (AvgIpc) is 3.23. The fourth-order valence-corrected chi connectivity index (χ4v) is 4.12. The highest BCUT2D eigenvalue weighted by Gasteiger charge is 2.66. The molecule has 1 heterocycles. The van der Waals surface area contributed by atoms with Crippen LogP contribution in [0.3, 0.4) is 0 Å². The molecule has 3 amide bonds. The van der Waals surface area contributed by atoms with Crippen LogP contribution in [-0.4, -0.2) is 70.1 Å². The molecule has 2 fully saturated rings. The molecule has 33 heavy (non-hydrogen) atoms. The number of ether oxygens (including phenoxy) is 1. The Morgan fingerprint density at radius 1 is 1.12 bits per heavy atom. The molecular formula is C22H35F2N3O6. The van der Waals surface area contributed by atoms with Crippen molar-refractivity contribution < 1.29 is 37.8 Å². The maximum absolute atomic E-state index is 13.5. The van der Waals surface area contributed by atoms with Crippen LogP contribution in [0.2, 0.25) is 0 Å². The van der Waals surface area contributed by atoms with Crippen LogP contribution in [0.5, 0.6) is 0 Å². The Hall–Kier alpha value is -2.46. The summed E-state index contributed by atoms with van der Waals surface area (Å²) in [4.78, 5) is 51.7. The largest absolute Gasteiger partial charge is 0.479 e. The van der Waals surface area contributed by atoms with Gasteiger partial charge in [-0.05, 0) is 44.9 Å². The second kappa shape index (κ2) is 9.06. The molecule has 188 valence electrons. The fraction of sp³-hybridized carbons (Fsp3) is 0.818. The highest BCUT2D eigenvalue weighted by Crippen LogP contribution is 2.48. The highest BCUT2D eigenvalue weighted by atomic mass is 19.3. The number of carbonyl (C=O) groups excluding carboxylic acids is 3. The van der Waals surface area contributed by atoms with E-state index in [4.69, 9.17) is 4.74 Å². The van der Waals surface area contributed by atoms with Crippen molar-refractivity contribution in [2.45, 2.75) is 91.0 Å². The molecule has 0 aromatic heterocycles. The molecule has 0 spiro atoms. The van der Waals surface area contributed by atoms with Crippen LogP contribution in [0.25, 0.3) is 0 Å². The molecule has 9 nitrogen and oxygen atoms in total. The molecule has 2 rings (SSSR count). The Kier molecular flexibility index (Phi) is 7.35. The second-order valence-corrected chi connectivity index (χ2v) is 11.2. The van der Waals surface area contributed by atoms with E-state index in [0.717, 1.165) is 0 Å². The van der Waals surface area contributed by atoms with Gasteiger partial charge in [-0.15, -0.1) is 0 Å².